The number of amidine groups is 1. The topological polar surface area (TPSA) is 83.5 Å². The van der Waals surface area contributed by atoms with Crippen LogP contribution in [-0.2, 0) is 0 Å². The van der Waals surface area contributed by atoms with Gasteiger partial charge in [0.05, 0.1) is 0 Å². The van der Waals surface area contributed by atoms with Gasteiger partial charge in [0.15, 0.2) is 0 Å². The van der Waals surface area contributed by atoms with E-state index < -0.39 is 0 Å². The van der Waals surface area contributed by atoms with Crippen molar-refractivity contribution in [3.05, 3.63) is 30.1 Å². The van der Waals surface area contributed by atoms with E-state index in [0.717, 1.165) is 19.4 Å². The highest BCUT2D eigenvalue weighted by Crippen LogP contribution is 2.10. The molecular weight excluding hydrogens is 216 g/mol. The average Bonchev–Trinajstić information content (AvgIpc) is 2.38. The first-order valence-corrected chi connectivity index (χ1v) is 5.83. The minimum absolute atomic E-state index is 0.298. The van der Waals surface area contributed by atoms with Crippen LogP contribution in [0.2, 0.25) is 0 Å². The SMILES string of the molecule is C[C@H](NCCCC/C(N)=N/O)c1ccncc1. The van der Waals surface area contributed by atoms with Gasteiger partial charge < -0.3 is 16.3 Å². The highest BCUT2D eigenvalue weighted by molar-refractivity contribution is 5.79. The number of oxime groups is 1. The molecule has 1 aromatic heterocycles. The lowest BCUT2D eigenvalue weighted by molar-refractivity contribution is 0.316. The van der Waals surface area contributed by atoms with Gasteiger partial charge in [0, 0.05) is 24.9 Å². The van der Waals surface area contributed by atoms with E-state index in [0.29, 0.717) is 18.3 Å². The summed E-state index contributed by atoms with van der Waals surface area (Å²) in [5, 5.41) is 14.7. The Hall–Kier alpha value is -1.62. The van der Waals surface area contributed by atoms with Crippen molar-refractivity contribution < 1.29 is 5.21 Å². The van der Waals surface area contributed by atoms with Crippen LogP contribution in [0.3, 0.4) is 0 Å². The fourth-order valence-electron chi connectivity index (χ4n) is 1.57. The first-order valence-electron chi connectivity index (χ1n) is 5.83. The highest BCUT2D eigenvalue weighted by Gasteiger charge is 2.03. The summed E-state index contributed by atoms with van der Waals surface area (Å²) in [6.45, 7) is 3.04. The van der Waals surface area contributed by atoms with Crippen molar-refractivity contribution in [3.8, 4) is 0 Å². The van der Waals surface area contributed by atoms with E-state index in [-0.39, 0.29) is 0 Å². The third-order valence-corrected chi connectivity index (χ3v) is 2.64. The lowest BCUT2D eigenvalue weighted by atomic mass is 10.1. The molecule has 0 fully saturated rings. The summed E-state index contributed by atoms with van der Waals surface area (Å²) in [6.07, 6.45) is 6.16. The van der Waals surface area contributed by atoms with Crippen molar-refractivity contribution >= 4 is 5.84 Å². The highest BCUT2D eigenvalue weighted by atomic mass is 16.4. The summed E-state index contributed by atoms with van der Waals surface area (Å²) in [6, 6.07) is 4.34. The molecule has 94 valence electrons. The number of unbranched alkanes of at least 4 members (excludes halogenated alkanes) is 1. The number of hydrogen-bond donors (Lipinski definition) is 3. The molecule has 0 bridgehead atoms. The number of pyridine rings is 1. The molecule has 0 aliphatic carbocycles. The van der Waals surface area contributed by atoms with Gasteiger partial charge in [0.1, 0.15) is 5.84 Å². The Balaban J connectivity index is 2.15. The van der Waals surface area contributed by atoms with Gasteiger partial charge in [-0.1, -0.05) is 5.16 Å². The number of nitrogens with zero attached hydrogens (tertiary/aromatic N) is 2. The Morgan fingerprint density at radius 1 is 1.47 bits per heavy atom. The van der Waals surface area contributed by atoms with Crippen LogP contribution in [0.15, 0.2) is 29.7 Å². The van der Waals surface area contributed by atoms with E-state index in [1.807, 2.05) is 12.1 Å². The van der Waals surface area contributed by atoms with Crippen LogP contribution < -0.4 is 11.1 Å². The molecule has 0 amide bonds. The molecular formula is C12H20N4O. The van der Waals surface area contributed by atoms with Crippen molar-refractivity contribution in [1.29, 1.82) is 0 Å². The van der Waals surface area contributed by atoms with Gasteiger partial charge in [-0.05, 0) is 44.0 Å². The molecule has 1 atom stereocenters. The zero-order valence-electron chi connectivity index (χ0n) is 10.1. The molecule has 0 aliphatic heterocycles. The first-order chi connectivity index (χ1) is 8.24. The second kappa shape index (κ2) is 7.62. The zero-order valence-corrected chi connectivity index (χ0v) is 10.1. The second-order valence-corrected chi connectivity index (χ2v) is 4.00. The lowest BCUT2D eigenvalue weighted by Crippen LogP contribution is -2.20. The number of nitrogens with one attached hydrogen (secondary N) is 1. The van der Waals surface area contributed by atoms with E-state index in [1.54, 1.807) is 12.4 Å². The van der Waals surface area contributed by atoms with Gasteiger partial charge >= 0.3 is 0 Å². The lowest BCUT2D eigenvalue weighted by Gasteiger charge is -2.13. The largest absolute Gasteiger partial charge is 0.409 e. The van der Waals surface area contributed by atoms with Crippen LogP contribution in [0.5, 0.6) is 0 Å². The Kier molecular flexibility index (Phi) is 6.03. The van der Waals surface area contributed by atoms with Crippen molar-refractivity contribution in [3.63, 3.8) is 0 Å². The number of rotatable bonds is 7. The summed E-state index contributed by atoms with van der Waals surface area (Å²) in [4.78, 5) is 3.99. The molecule has 5 nitrogen and oxygen atoms in total. The summed E-state index contributed by atoms with van der Waals surface area (Å²) in [5.41, 5.74) is 6.61. The average molecular weight is 236 g/mol. The summed E-state index contributed by atoms with van der Waals surface area (Å²) in [5.74, 6) is 0.298. The van der Waals surface area contributed by atoms with E-state index >= 15 is 0 Å². The molecule has 0 aliphatic rings. The Morgan fingerprint density at radius 2 is 2.18 bits per heavy atom. The second-order valence-electron chi connectivity index (χ2n) is 4.00. The fourth-order valence-corrected chi connectivity index (χ4v) is 1.57. The Labute approximate surface area is 102 Å². The van der Waals surface area contributed by atoms with Crippen molar-refractivity contribution in [1.82, 2.24) is 10.3 Å². The monoisotopic (exact) mass is 236 g/mol. The molecule has 0 aromatic carbocycles. The standard InChI is InChI=1S/C12H20N4O/c1-10(11-5-8-14-9-6-11)15-7-3-2-4-12(13)16-17/h5-6,8-10,15,17H,2-4,7H2,1H3,(H2,13,16)/t10-/m0/s1. The summed E-state index contributed by atoms with van der Waals surface area (Å²) < 4.78 is 0. The number of aromatic nitrogens is 1. The molecule has 0 unspecified atom stereocenters. The Morgan fingerprint density at radius 3 is 2.82 bits per heavy atom. The van der Waals surface area contributed by atoms with Crippen molar-refractivity contribution in [2.75, 3.05) is 6.54 Å². The fraction of sp³-hybridized carbons (Fsp3) is 0.500. The molecule has 5 heteroatoms. The van der Waals surface area contributed by atoms with Gasteiger partial charge in [0.2, 0.25) is 0 Å². The molecule has 0 spiro atoms. The van der Waals surface area contributed by atoms with Crippen LogP contribution >= 0.6 is 0 Å². The van der Waals surface area contributed by atoms with Gasteiger partial charge in [-0.25, -0.2) is 0 Å². The normalized spacial score (nSPS) is 13.6. The van der Waals surface area contributed by atoms with E-state index in [9.17, 15) is 0 Å². The van der Waals surface area contributed by atoms with Gasteiger partial charge in [-0.3, -0.25) is 4.98 Å². The van der Waals surface area contributed by atoms with Gasteiger partial charge in [0.25, 0.3) is 0 Å². The van der Waals surface area contributed by atoms with Crippen molar-refractivity contribution in [2.24, 2.45) is 10.9 Å². The van der Waals surface area contributed by atoms with Crippen LogP contribution in [0, 0.1) is 0 Å². The molecule has 0 radical (unpaired) electrons. The van der Waals surface area contributed by atoms with Crippen LogP contribution in [0.1, 0.15) is 37.8 Å². The van der Waals surface area contributed by atoms with E-state index in [1.165, 1.54) is 5.56 Å². The van der Waals surface area contributed by atoms with E-state index in [2.05, 4.69) is 22.4 Å². The smallest absolute Gasteiger partial charge is 0.139 e. The van der Waals surface area contributed by atoms with E-state index in [4.69, 9.17) is 10.9 Å². The van der Waals surface area contributed by atoms with Crippen LogP contribution in [0.4, 0.5) is 0 Å². The zero-order chi connectivity index (χ0) is 12.5. The molecule has 1 aromatic rings. The molecule has 4 N–H and O–H groups in total. The first kappa shape index (κ1) is 13.4. The third-order valence-electron chi connectivity index (χ3n) is 2.64. The van der Waals surface area contributed by atoms with Gasteiger partial charge in [-0.2, -0.15) is 0 Å². The maximum atomic E-state index is 8.37. The molecule has 1 rings (SSSR count). The number of hydrogen-bond acceptors (Lipinski definition) is 4. The number of nitrogens with two attached hydrogens (primary N) is 1. The summed E-state index contributed by atoms with van der Waals surface area (Å²) >= 11 is 0. The summed E-state index contributed by atoms with van der Waals surface area (Å²) in [7, 11) is 0. The third kappa shape index (κ3) is 5.31. The predicted molar refractivity (Wildman–Crippen MR) is 67.9 cm³/mol. The maximum Gasteiger partial charge on any atom is 0.139 e. The van der Waals surface area contributed by atoms with Gasteiger partial charge in [-0.15, -0.1) is 0 Å². The van der Waals surface area contributed by atoms with Crippen molar-refractivity contribution in [2.45, 2.75) is 32.2 Å². The minimum atomic E-state index is 0.298. The molecule has 0 saturated heterocycles. The molecule has 17 heavy (non-hydrogen) atoms. The van der Waals surface area contributed by atoms with Crippen LogP contribution in [-0.4, -0.2) is 22.6 Å². The maximum absolute atomic E-state index is 8.37. The quantitative estimate of drug-likeness (QED) is 0.221. The Bertz CT molecular complexity index is 340. The molecule has 1 heterocycles. The molecule has 0 saturated carbocycles. The predicted octanol–water partition coefficient (Wildman–Crippen LogP) is 1.65. The van der Waals surface area contributed by atoms with Crippen LogP contribution in [0.25, 0.3) is 0 Å². The minimum Gasteiger partial charge on any atom is -0.409 e.